The van der Waals surface area contributed by atoms with Crippen LogP contribution in [-0.2, 0) is 14.8 Å². The average Bonchev–Trinajstić information content (AvgIpc) is 2.51. The van der Waals surface area contributed by atoms with Crippen LogP contribution in [0.3, 0.4) is 0 Å². The van der Waals surface area contributed by atoms with Gasteiger partial charge < -0.3 is 15.1 Å². The molecule has 0 aromatic heterocycles. The molecule has 2 rings (SSSR count). The van der Waals surface area contributed by atoms with Crippen LogP contribution >= 0.6 is 0 Å². The number of anilines is 2. The summed E-state index contributed by atoms with van der Waals surface area (Å²) < 4.78 is 25.1. The van der Waals surface area contributed by atoms with E-state index in [1.165, 1.54) is 4.90 Å². The number of hydrogen-bond acceptors (Lipinski definition) is 4. The second-order valence-corrected chi connectivity index (χ2v) is 7.87. The first-order chi connectivity index (χ1) is 11.6. The van der Waals surface area contributed by atoms with Crippen molar-refractivity contribution in [2.75, 3.05) is 35.9 Å². The first-order valence-corrected chi connectivity index (χ1v) is 9.96. The van der Waals surface area contributed by atoms with Crippen LogP contribution in [-0.4, -0.2) is 62.1 Å². The second kappa shape index (κ2) is 7.30. The number of piperazine rings is 1. The fraction of sp³-hybridized carbons (Fsp3) is 0.500. The van der Waals surface area contributed by atoms with Crippen LogP contribution in [0.1, 0.15) is 19.4 Å². The maximum atomic E-state index is 12.6. The minimum absolute atomic E-state index is 0.0758. The fourth-order valence-electron chi connectivity index (χ4n) is 2.74. The van der Waals surface area contributed by atoms with Crippen molar-refractivity contribution < 1.29 is 18.0 Å². The van der Waals surface area contributed by atoms with Gasteiger partial charge in [0.1, 0.15) is 6.04 Å². The molecular weight excluding hydrogens is 344 g/mol. The van der Waals surface area contributed by atoms with Crippen molar-refractivity contribution in [1.29, 1.82) is 0 Å². The molecule has 0 unspecified atom stereocenters. The zero-order valence-corrected chi connectivity index (χ0v) is 15.7. The SMILES string of the molecule is CCN1CCN(C(=O)Nc2cc(NS(C)(=O)=O)ccc2C)[C@@H](C)C1=O. The number of rotatable bonds is 4. The quantitative estimate of drug-likeness (QED) is 0.840. The summed E-state index contributed by atoms with van der Waals surface area (Å²) in [6.45, 7) is 7.00. The zero-order chi connectivity index (χ0) is 18.8. The lowest BCUT2D eigenvalue weighted by molar-refractivity contribution is -0.138. The lowest BCUT2D eigenvalue weighted by Gasteiger charge is -2.38. The Labute approximate surface area is 148 Å². The summed E-state index contributed by atoms with van der Waals surface area (Å²) >= 11 is 0. The van der Waals surface area contributed by atoms with Crippen molar-refractivity contribution in [2.24, 2.45) is 0 Å². The van der Waals surface area contributed by atoms with Crippen LogP contribution in [0.25, 0.3) is 0 Å². The topological polar surface area (TPSA) is 98.8 Å². The van der Waals surface area contributed by atoms with Crippen LogP contribution in [0.5, 0.6) is 0 Å². The highest BCUT2D eigenvalue weighted by Gasteiger charge is 2.33. The van der Waals surface area contributed by atoms with E-state index in [1.807, 2.05) is 13.8 Å². The van der Waals surface area contributed by atoms with Crippen LogP contribution in [0, 0.1) is 6.92 Å². The first kappa shape index (κ1) is 19.0. The minimum atomic E-state index is -3.40. The molecule has 1 saturated heterocycles. The maximum Gasteiger partial charge on any atom is 0.322 e. The minimum Gasteiger partial charge on any atom is -0.339 e. The monoisotopic (exact) mass is 368 g/mol. The maximum absolute atomic E-state index is 12.6. The number of benzene rings is 1. The summed E-state index contributed by atoms with van der Waals surface area (Å²) in [7, 11) is -3.40. The van der Waals surface area contributed by atoms with Crippen molar-refractivity contribution in [1.82, 2.24) is 9.80 Å². The molecule has 25 heavy (non-hydrogen) atoms. The number of likely N-dealkylation sites (N-methyl/N-ethyl adjacent to an activating group) is 1. The Morgan fingerprint density at radius 2 is 2.00 bits per heavy atom. The number of aryl methyl sites for hydroxylation is 1. The molecule has 8 nitrogen and oxygen atoms in total. The standard InChI is InChI=1S/C16H24N4O4S/c1-5-19-8-9-20(12(3)15(19)21)16(22)17-14-10-13(7-6-11(14)2)18-25(4,23)24/h6-7,10,12,18H,5,8-9H2,1-4H3,(H,17,22)/t12-/m0/s1. The molecule has 9 heteroatoms. The summed E-state index contributed by atoms with van der Waals surface area (Å²) in [5.74, 6) is -0.0758. The van der Waals surface area contributed by atoms with Gasteiger partial charge in [0.25, 0.3) is 0 Å². The van der Waals surface area contributed by atoms with Crippen molar-refractivity contribution in [3.05, 3.63) is 23.8 Å². The Morgan fingerprint density at radius 3 is 2.60 bits per heavy atom. The van der Waals surface area contributed by atoms with Crippen molar-refractivity contribution in [3.8, 4) is 0 Å². The van der Waals surface area contributed by atoms with Gasteiger partial charge in [-0.3, -0.25) is 9.52 Å². The van der Waals surface area contributed by atoms with E-state index in [0.717, 1.165) is 11.8 Å². The summed E-state index contributed by atoms with van der Waals surface area (Å²) in [6, 6.07) is 3.98. The third kappa shape index (κ3) is 4.62. The molecule has 1 aromatic carbocycles. The van der Waals surface area contributed by atoms with Gasteiger partial charge in [-0.2, -0.15) is 0 Å². The van der Waals surface area contributed by atoms with E-state index in [2.05, 4.69) is 10.0 Å². The normalized spacial score (nSPS) is 18.2. The van der Waals surface area contributed by atoms with Gasteiger partial charge in [0.15, 0.2) is 0 Å². The van der Waals surface area contributed by atoms with Gasteiger partial charge in [0.2, 0.25) is 15.9 Å². The summed E-state index contributed by atoms with van der Waals surface area (Å²) in [4.78, 5) is 28.0. The van der Waals surface area contributed by atoms with Crippen molar-refractivity contribution in [2.45, 2.75) is 26.8 Å². The molecule has 1 heterocycles. The van der Waals surface area contributed by atoms with Gasteiger partial charge in [-0.1, -0.05) is 6.07 Å². The van der Waals surface area contributed by atoms with Gasteiger partial charge >= 0.3 is 6.03 Å². The molecule has 0 bridgehead atoms. The van der Waals surface area contributed by atoms with Gasteiger partial charge in [-0.05, 0) is 38.5 Å². The molecule has 0 spiro atoms. The predicted octanol–water partition coefficient (Wildman–Crippen LogP) is 1.45. The van der Waals surface area contributed by atoms with Gasteiger partial charge in [0, 0.05) is 25.3 Å². The number of urea groups is 1. The Bertz CT molecular complexity index is 778. The molecule has 0 aliphatic carbocycles. The van der Waals surface area contributed by atoms with Crippen LogP contribution in [0.2, 0.25) is 0 Å². The molecule has 1 aliphatic heterocycles. The smallest absolute Gasteiger partial charge is 0.322 e. The molecule has 0 saturated carbocycles. The molecule has 1 aliphatic rings. The van der Waals surface area contributed by atoms with Gasteiger partial charge in [0.05, 0.1) is 11.9 Å². The highest BCUT2D eigenvalue weighted by atomic mass is 32.2. The molecule has 1 aromatic rings. The third-order valence-corrected chi connectivity index (χ3v) is 4.78. The van der Waals surface area contributed by atoms with Gasteiger partial charge in [-0.15, -0.1) is 0 Å². The van der Waals surface area contributed by atoms with Crippen LogP contribution in [0.4, 0.5) is 16.2 Å². The largest absolute Gasteiger partial charge is 0.339 e. The van der Waals surface area contributed by atoms with E-state index in [9.17, 15) is 18.0 Å². The number of sulfonamides is 1. The van der Waals surface area contributed by atoms with Gasteiger partial charge in [-0.25, -0.2) is 13.2 Å². The Kier molecular flexibility index (Phi) is 5.56. The highest BCUT2D eigenvalue weighted by molar-refractivity contribution is 7.92. The number of nitrogens with zero attached hydrogens (tertiary/aromatic N) is 2. The Morgan fingerprint density at radius 1 is 1.32 bits per heavy atom. The lowest BCUT2D eigenvalue weighted by Crippen LogP contribution is -2.58. The Hall–Kier alpha value is -2.29. The molecule has 3 amide bonds. The van der Waals surface area contributed by atoms with E-state index in [1.54, 1.807) is 30.0 Å². The van der Waals surface area contributed by atoms with Crippen LogP contribution in [0.15, 0.2) is 18.2 Å². The second-order valence-electron chi connectivity index (χ2n) is 6.12. The molecule has 1 fully saturated rings. The summed E-state index contributed by atoms with van der Waals surface area (Å²) in [6.07, 6.45) is 1.06. The molecule has 1 atom stereocenters. The number of carbonyl (C=O) groups excluding carboxylic acids is 2. The van der Waals surface area contributed by atoms with Crippen LogP contribution < -0.4 is 10.0 Å². The summed E-state index contributed by atoms with van der Waals surface area (Å²) in [5.41, 5.74) is 1.65. The number of nitrogens with one attached hydrogen (secondary N) is 2. The number of carbonyl (C=O) groups is 2. The molecule has 2 N–H and O–H groups in total. The lowest BCUT2D eigenvalue weighted by atomic mass is 10.1. The zero-order valence-electron chi connectivity index (χ0n) is 14.9. The molecule has 138 valence electrons. The third-order valence-electron chi connectivity index (χ3n) is 4.17. The average molecular weight is 368 g/mol. The van der Waals surface area contributed by atoms with E-state index in [4.69, 9.17) is 0 Å². The van der Waals surface area contributed by atoms with E-state index < -0.39 is 16.1 Å². The van der Waals surface area contributed by atoms with E-state index in [-0.39, 0.29) is 11.9 Å². The van der Waals surface area contributed by atoms with Crippen molar-refractivity contribution >= 4 is 33.3 Å². The summed E-state index contributed by atoms with van der Waals surface area (Å²) in [5, 5.41) is 2.77. The molecule has 0 radical (unpaired) electrons. The first-order valence-electron chi connectivity index (χ1n) is 8.07. The van der Waals surface area contributed by atoms with Crippen molar-refractivity contribution in [3.63, 3.8) is 0 Å². The highest BCUT2D eigenvalue weighted by Crippen LogP contribution is 2.22. The fourth-order valence-corrected chi connectivity index (χ4v) is 3.30. The predicted molar refractivity (Wildman–Crippen MR) is 97.1 cm³/mol. The Balaban J connectivity index is 2.15. The molecular formula is C16H24N4O4S. The van der Waals surface area contributed by atoms with E-state index >= 15 is 0 Å². The number of amides is 3. The van der Waals surface area contributed by atoms with E-state index in [0.29, 0.717) is 31.0 Å². The number of hydrogen-bond donors (Lipinski definition) is 2.